The molecule has 2 aliphatic carbocycles. The van der Waals surface area contributed by atoms with Crippen LogP contribution in [0.1, 0.15) is 22.8 Å². The van der Waals surface area contributed by atoms with Gasteiger partial charge in [-0.2, -0.15) is 0 Å². The maximum atomic E-state index is 14.0. The number of nitrogens with zero attached hydrogens (tertiary/aromatic N) is 2. The molecular weight excluding hydrogens is 650 g/mol. The first-order chi connectivity index (χ1) is 22.9. The number of imide groups is 1. The van der Waals surface area contributed by atoms with Crippen LogP contribution < -0.4 is 15.1 Å². The number of halogens is 1. The van der Waals surface area contributed by atoms with E-state index in [4.69, 9.17) is 11.6 Å². The van der Waals surface area contributed by atoms with Crippen molar-refractivity contribution in [1.29, 1.82) is 0 Å². The number of para-hydroxylation sites is 1. The second-order valence-corrected chi connectivity index (χ2v) is 15.4. The van der Waals surface area contributed by atoms with Crippen LogP contribution in [0.3, 0.4) is 0 Å². The van der Waals surface area contributed by atoms with Crippen LogP contribution in [-0.4, -0.2) is 27.5 Å². The van der Waals surface area contributed by atoms with Crippen LogP contribution in [0, 0.1) is 29.6 Å². The van der Waals surface area contributed by atoms with Gasteiger partial charge in [-0.05, 0) is 65.5 Å². The molecule has 47 heavy (non-hydrogen) atoms. The Morgan fingerprint density at radius 1 is 0.830 bits per heavy atom. The fraction of sp³-hybridized carbons (Fsp3) is 0.243. The van der Waals surface area contributed by atoms with Crippen molar-refractivity contribution in [2.24, 2.45) is 29.6 Å². The Hall–Kier alpha value is -4.18. The number of aromatic nitrogens is 1. The number of hydrogen-bond acceptors (Lipinski definition) is 6. The minimum atomic E-state index is -0.387. The molecule has 3 heterocycles. The van der Waals surface area contributed by atoms with Crippen LogP contribution in [0.15, 0.2) is 107 Å². The quantitative estimate of drug-likeness (QED) is 0.202. The number of benzene rings is 4. The number of carbonyl (C=O) groups excluding carboxylic acids is 3. The van der Waals surface area contributed by atoms with E-state index in [1.54, 1.807) is 16.3 Å². The predicted molar refractivity (Wildman–Crippen MR) is 185 cm³/mol. The average Bonchev–Trinajstić information content (AvgIpc) is 3.80. The van der Waals surface area contributed by atoms with Crippen LogP contribution in [-0.2, 0) is 20.9 Å². The molecule has 5 aromatic rings. The van der Waals surface area contributed by atoms with Gasteiger partial charge in [0.05, 0.1) is 22.5 Å². The summed E-state index contributed by atoms with van der Waals surface area (Å²) >= 11 is 9.12. The lowest BCUT2D eigenvalue weighted by molar-refractivity contribution is -0.123. The van der Waals surface area contributed by atoms with E-state index >= 15 is 0 Å². The predicted octanol–water partition coefficient (Wildman–Crippen LogP) is 7.03. The number of nitrogens with one attached hydrogen (secondary N) is 1. The summed E-state index contributed by atoms with van der Waals surface area (Å²) < 4.78 is 1.60. The van der Waals surface area contributed by atoms with Gasteiger partial charge < -0.3 is 5.32 Å². The van der Waals surface area contributed by atoms with E-state index in [9.17, 15) is 19.2 Å². The standard InChI is InChI=1S/C37H28ClN3O4S2/c38-21-15-13-20(14-16-21)28-29-24-17-25(31-30(24)34(43)41(35(31)44)22-9-2-1-3-10-22)32(29)46-36-33(28)47-37(45)40(36)18-27(42)39-26-12-6-8-19-7-4-5-11-23(19)26/h1-16,24-25,28-32H,17-18H2,(H,39,42). The Balaban J connectivity index is 1.09. The minimum Gasteiger partial charge on any atom is -0.324 e. The molecule has 7 nitrogen and oxygen atoms in total. The zero-order chi connectivity index (χ0) is 32.0. The minimum absolute atomic E-state index is 0.00167. The summed E-state index contributed by atoms with van der Waals surface area (Å²) in [4.78, 5) is 57.3. The highest BCUT2D eigenvalue weighted by molar-refractivity contribution is 8.00. The van der Waals surface area contributed by atoms with Crippen LogP contribution >= 0.6 is 34.7 Å². The van der Waals surface area contributed by atoms with E-state index in [0.29, 0.717) is 16.4 Å². The molecule has 3 fully saturated rings. The number of rotatable bonds is 5. The molecule has 7 atom stereocenters. The number of thioether (sulfide) groups is 1. The summed E-state index contributed by atoms with van der Waals surface area (Å²) in [5, 5.41) is 6.41. The Morgan fingerprint density at radius 2 is 1.53 bits per heavy atom. The monoisotopic (exact) mass is 677 g/mol. The van der Waals surface area contributed by atoms with Crippen molar-refractivity contribution in [3.63, 3.8) is 0 Å². The molecule has 0 radical (unpaired) electrons. The van der Waals surface area contributed by atoms with E-state index in [1.807, 2.05) is 97.1 Å². The summed E-state index contributed by atoms with van der Waals surface area (Å²) in [5.41, 5.74) is 2.34. The zero-order valence-corrected chi connectivity index (χ0v) is 27.3. The Morgan fingerprint density at radius 3 is 2.32 bits per heavy atom. The lowest BCUT2D eigenvalue weighted by Crippen LogP contribution is -2.43. The third-order valence-electron chi connectivity index (χ3n) is 10.6. The second kappa shape index (κ2) is 10.9. The second-order valence-electron chi connectivity index (χ2n) is 12.8. The number of fused-ring (bicyclic) bond motifs is 10. The Kier molecular flexibility index (Phi) is 6.75. The molecule has 9 rings (SSSR count). The normalized spacial score (nSPS) is 27.2. The highest BCUT2D eigenvalue weighted by Gasteiger charge is 2.69. The van der Waals surface area contributed by atoms with Gasteiger partial charge in [-0.1, -0.05) is 89.7 Å². The van der Waals surface area contributed by atoms with Gasteiger partial charge in [-0.15, -0.1) is 11.8 Å². The van der Waals surface area contributed by atoms with E-state index < -0.39 is 0 Å². The van der Waals surface area contributed by atoms with Crippen molar-refractivity contribution >= 4 is 74.6 Å². The van der Waals surface area contributed by atoms with Crippen LogP contribution in [0.5, 0.6) is 0 Å². The molecule has 1 aromatic heterocycles. The van der Waals surface area contributed by atoms with Gasteiger partial charge >= 0.3 is 4.87 Å². The molecule has 0 spiro atoms. The molecule has 3 amide bonds. The summed E-state index contributed by atoms with van der Waals surface area (Å²) in [5.74, 6) is -1.39. The van der Waals surface area contributed by atoms with Crippen LogP contribution in [0.25, 0.3) is 10.8 Å². The Labute approximate surface area is 283 Å². The molecule has 4 aliphatic rings. The molecule has 4 aromatic carbocycles. The summed E-state index contributed by atoms with van der Waals surface area (Å²) in [6.45, 7) is -0.120. The molecule has 2 aliphatic heterocycles. The van der Waals surface area contributed by atoms with Gasteiger partial charge in [-0.25, -0.2) is 0 Å². The van der Waals surface area contributed by atoms with Crippen molar-refractivity contribution in [3.8, 4) is 0 Å². The molecule has 7 unspecified atom stereocenters. The fourth-order valence-electron chi connectivity index (χ4n) is 8.80. The van der Waals surface area contributed by atoms with E-state index in [-0.39, 0.29) is 69.9 Å². The number of hydrogen-bond donors (Lipinski definition) is 1. The van der Waals surface area contributed by atoms with Gasteiger partial charge in [0, 0.05) is 32.1 Å². The first-order valence-electron chi connectivity index (χ1n) is 15.7. The molecule has 234 valence electrons. The summed E-state index contributed by atoms with van der Waals surface area (Å²) in [6, 6.07) is 30.6. The van der Waals surface area contributed by atoms with Gasteiger partial charge in [0.1, 0.15) is 6.54 Å². The van der Waals surface area contributed by atoms with Crippen molar-refractivity contribution in [3.05, 3.63) is 122 Å². The molecule has 2 bridgehead atoms. The van der Waals surface area contributed by atoms with Gasteiger partial charge in [-0.3, -0.25) is 28.6 Å². The lowest BCUT2D eigenvalue weighted by Gasteiger charge is -2.43. The molecule has 10 heteroatoms. The van der Waals surface area contributed by atoms with E-state index in [0.717, 1.165) is 32.7 Å². The summed E-state index contributed by atoms with van der Waals surface area (Å²) in [7, 11) is 0. The van der Waals surface area contributed by atoms with Gasteiger partial charge in [0.2, 0.25) is 17.7 Å². The summed E-state index contributed by atoms with van der Waals surface area (Å²) in [6.07, 6.45) is 0.794. The van der Waals surface area contributed by atoms with Crippen molar-refractivity contribution in [2.75, 3.05) is 10.2 Å². The van der Waals surface area contributed by atoms with E-state index in [1.165, 1.54) is 16.2 Å². The third kappa shape index (κ3) is 4.40. The van der Waals surface area contributed by atoms with Crippen LogP contribution in [0.4, 0.5) is 11.4 Å². The van der Waals surface area contributed by atoms with Gasteiger partial charge in [0.25, 0.3) is 0 Å². The Bertz CT molecular complexity index is 2160. The number of carbonyl (C=O) groups is 3. The number of anilines is 2. The van der Waals surface area contributed by atoms with Gasteiger partial charge in [0.15, 0.2) is 0 Å². The fourth-order valence-corrected chi connectivity index (χ4v) is 12.1. The topological polar surface area (TPSA) is 88.5 Å². The largest absolute Gasteiger partial charge is 0.324 e. The van der Waals surface area contributed by atoms with E-state index in [2.05, 4.69) is 5.32 Å². The first kappa shape index (κ1) is 29.0. The van der Waals surface area contributed by atoms with Crippen molar-refractivity contribution < 1.29 is 14.4 Å². The maximum absolute atomic E-state index is 14.0. The molecule has 1 saturated heterocycles. The maximum Gasteiger partial charge on any atom is 0.308 e. The highest BCUT2D eigenvalue weighted by atomic mass is 35.5. The molecule has 2 saturated carbocycles. The third-order valence-corrected chi connectivity index (χ3v) is 13.6. The zero-order valence-electron chi connectivity index (χ0n) is 24.9. The molecule has 1 N–H and O–H groups in total. The first-order valence-corrected chi connectivity index (χ1v) is 17.8. The average molecular weight is 678 g/mol. The highest BCUT2D eigenvalue weighted by Crippen LogP contribution is 2.69. The van der Waals surface area contributed by atoms with Crippen molar-refractivity contribution in [2.45, 2.75) is 29.2 Å². The smallest absolute Gasteiger partial charge is 0.308 e. The number of amides is 3. The molecular formula is C37H28ClN3O4S2. The van der Waals surface area contributed by atoms with Crippen molar-refractivity contribution in [1.82, 2.24) is 4.57 Å². The lowest BCUT2D eigenvalue weighted by atomic mass is 9.68. The van der Waals surface area contributed by atoms with Crippen LogP contribution in [0.2, 0.25) is 5.02 Å². The SMILES string of the molecule is O=C(Cn1c2c(sc1=O)C(c1ccc(Cl)cc1)C1C3CC(C1S2)C1C(=O)N(c2ccccc2)C(=O)C31)Nc1cccc2ccccc12. The number of thiazole rings is 1.